The van der Waals surface area contributed by atoms with Crippen molar-refractivity contribution in [3.8, 4) is 10.9 Å². The van der Waals surface area contributed by atoms with Crippen molar-refractivity contribution < 1.29 is 9.53 Å². The van der Waals surface area contributed by atoms with E-state index in [9.17, 15) is 4.79 Å². The molecule has 0 saturated heterocycles. The predicted octanol–water partition coefficient (Wildman–Crippen LogP) is 4.97. The molecule has 6 nitrogen and oxygen atoms in total. The second-order valence-electron chi connectivity index (χ2n) is 7.53. The second-order valence-corrected chi connectivity index (χ2v) is 8.54. The van der Waals surface area contributed by atoms with Crippen LogP contribution < -0.4 is 10.1 Å². The molecule has 152 valence electrons. The fraction of sp³-hybridized carbons (Fsp3) is 0.261. The van der Waals surface area contributed by atoms with Crippen LogP contribution in [0.15, 0.2) is 42.5 Å². The average Bonchev–Trinajstić information content (AvgIpc) is 3.28. The molecule has 2 aromatic heterocycles. The summed E-state index contributed by atoms with van der Waals surface area (Å²) in [6.07, 6.45) is 0.395. The van der Waals surface area contributed by atoms with Gasteiger partial charge in [-0.3, -0.25) is 4.79 Å². The lowest BCUT2D eigenvalue weighted by Crippen LogP contribution is -2.24. The number of nitrogens with one attached hydrogen (secondary N) is 1. The number of aromatic nitrogens is 3. The van der Waals surface area contributed by atoms with Gasteiger partial charge < -0.3 is 10.1 Å². The maximum absolute atomic E-state index is 12.6. The number of carbonyl (C=O) groups excluding carboxylic acids is 1. The van der Waals surface area contributed by atoms with Crippen molar-refractivity contribution in [1.82, 2.24) is 14.8 Å². The molecule has 1 amide bonds. The highest BCUT2D eigenvalue weighted by Crippen LogP contribution is 2.41. The van der Waals surface area contributed by atoms with E-state index in [1.54, 1.807) is 16.0 Å². The SMILES string of the molecule is CCOc1ccc(C2CC(=O)Nc3c2c(C)nn3-c2nc3ccc(C)cc3s2)cc1. The molecule has 1 unspecified atom stereocenters. The van der Waals surface area contributed by atoms with Gasteiger partial charge in [-0.2, -0.15) is 9.78 Å². The van der Waals surface area contributed by atoms with E-state index < -0.39 is 0 Å². The number of rotatable bonds is 4. The molecule has 1 aliphatic heterocycles. The maximum atomic E-state index is 12.6. The van der Waals surface area contributed by atoms with Gasteiger partial charge in [0.15, 0.2) is 0 Å². The summed E-state index contributed by atoms with van der Waals surface area (Å²) in [5.74, 6) is 1.49. The van der Waals surface area contributed by atoms with Crippen LogP contribution in [0.4, 0.5) is 5.82 Å². The largest absolute Gasteiger partial charge is 0.494 e. The Morgan fingerprint density at radius 1 is 1.20 bits per heavy atom. The molecule has 0 bridgehead atoms. The summed E-state index contributed by atoms with van der Waals surface area (Å²) >= 11 is 1.58. The van der Waals surface area contributed by atoms with Gasteiger partial charge in [-0.1, -0.05) is 29.5 Å². The fourth-order valence-electron chi connectivity index (χ4n) is 4.04. The predicted molar refractivity (Wildman–Crippen MR) is 119 cm³/mol. The highest BCUT2D eigenvalue weighted by Gasteiger charge is 2.33. The van der Waals surface area contributed by atoms with Gasteiger partial charge in [0.25, 0.3) is 0 Å². The van der Waals surface area contributed by atoms with Gasteiger partial charge in [0, 0.05) is 17.9 Å². The number of hydrogen-bond donors (Lipinski definition) is 1. The lowest BCUT2D eigenvalue weighted by molar-refractivity contribution is -0.116. The van der Waals surface area contributed by atoms with Crippen LogP contribution in [-0.2, 0) is 4.79 Å². The Morgan fingerprint density at radius 2 is 2.00 bits per heavy atom. The van der Waals surface area contributed by atoms with Gasteiger partial charge in [-0.15, -0.1) is 0 Å². The zero-order valence-electron chi connectivity index (χ0n) is 17.1. The molecule has 2 aromatic carbocycles. The number of hydrogen-bond acceptors (Lipinski definition) is 5. The van der Waals surface area contributed by atoms with Crippen LogP contribution in [0.25, 0.3) is 15.3 Å². The van der Waals surface area contributed by atoms with Gasteiger partial charge in [0.05, 0.1) is 22.5 Å². The number of anilines is 1. The number of fused-ring (bicyclic) bond motifs is 2. The molecular weight excluding hydrogens is 396 g/mol. The molecule has 3 heterocycles. The highest BCUT2D eigenvalue weighted by molar-refractivity contribution is 7.20. The van der Waals surface area contributed by atoms with Crippen LogP contribution in [0.3, 0.4) is 0 Å². The van der Waals surface area contributed by atoms with E-state index in [4.69, 9.17) is 14.8 Å². The minimum absolute atomic E-state index is 0.0144. The van der Waals surface area contributed by atoms with Crippen molar-refractivity contribution in [2.45, 2.75) is 33.1 Å². The summed E-state index contributed by atoms with van der Waals surface area (Å²) in [7, 11) is 0. The Labute approximate surface area is 178 Å². The lowest BCUT2D eigenvalue weighted by Gasteiger charge is -2.24. The molecule has 0 fully saturated rings. The number of aryl methyl sites for hydroxylation is 2. The smallest absolute Gasteiger partial charge is 0.226 e. The van der Waals surface area contributed by atoms with Crippen molar-refractivity contribution >= 4 is 33.3 Å². The summed E-state index contributed by atoms with van der Waals surface area (Å²) in [5, 5.41) is 8.56. The Kier molecular flexibility index (Phi) is 4.55. The average molecular weight is 419 g/mol. The molecule has 0 spiro atoms. The third kappa shape index (κ3) is 3.15. The maximum Gasteiger partial charge on any atom is 0.226 e. The topological polar surface area (TPSA) is 69.0 Å². The minimum Gasteiger partial charge on any atom is -0.494 e. The van der Waals surface area contributed by atoms with Crippen LogP contribution in [-0.4, -0.2) is 27.3 Å². The van der Waals surface area contributed by atoms with Gasteiger partial charge >= 0.3 is 0 Å². The summed E-state index contributed by atoms with van der Waals surface area (Å²) in [6, 6.07) is 14.2. The highest BCUT2D eigenvalue weighted by atomic mass is 32.1. The summed E-state index contributed by atoms with van der Waals surface area (Å²) in [6.45, 7) is 6.65. The monoisotopic (exact) mass is 418 g/mol. The second kappa shape index (κ2) is 7.25. The molecule has 0 radical (unpaired) electrons. The van der Waals surface area contributed by atoms with Crippen LogP contribution in [0, 0.1) is 13.8 Å². The number of ether oxygens (including phenoxy) is 1. The molecule has 1 aliphatic rings. The standard InChI is InChI=1S/C23H22N4O2S/c1-4-29-16-8-6-15(7-9-16)17-12-20(28)25-22-21(17)14(3)26-27(22)23-24-18-10-5-13(2)11-19(18)30-23/h5-11,17H,4,12H2,1-3H3,(H,25,28). The van der Waals surface area contributed by atoms with E-state index in [-0.39, 0.29) is 11.8 Å². The molecule has 1 N–H and O–H groups in total. The minimum atomic E-state index is -0.0465. The quantitative estimate of drug-likeness (QED) is 0.508. The van der Waals surface area contributed by atoms with Gasteiger partial charge in [0.1, 0.15) is 11.6 Å². The number of amides is 1. The molecule has 0 aliphatic carbocycles. The van der Waals surface area contributed by atoms with Crippen LogP contribution in [0.2, 0.25) is 0 Å². The summed E-state index contributed by atoms with van der Waals surface area (Å²) < 4.78 is 8.45. The first-order valence-corrected chi connectivity index (χ1v) is 10.8. The van der Waals surface area contributed by atoms with E-state index in [0.29, 0.717) is 13.0 Å². The van der Waals surface area contributed by atoms with Crippen molar-refractivity contribution in [1.29, 1.82) is 0 Å². The fourth-order valence-corrected chi connectivity index (χ4v) is 5.07. The Bertz CT molecular complexity index is 1260. The van der Waals surface area contributed by atoms with Crippen molar-refractivity contribution in [2.24, 2.45) is 0 Å². The molecule has 4 aromatic rings. The zero-order valence-corrected chi connectivity index (χ0v) is 17.9. The van der Waals surface area contributed by atoms with E-state index >= 15 is 0 Å². The van der Waals surface area contributed by atoms with Crippen LogP contribution in [0.5, 0.6) is 5.75 Å². The van der Waals surface area contributed by atoms with Crippen molar-refractivity contribution in [3.63, 3.8) is 0 Å². The first-order valence-electron chi connectivity index (χ1n) is 10.0. The Hall–Kier alpha value is -3.19. The third-order valence-electron chi connectivity index (χ3n) is 5.41. The number of thiazole rings is 1. The molecule has 30 heavy (non-hydrogen) atoms. The Morgan fingerprint density at radius 3 is 2.77 bits per heavy atom. The number of benzene rings is 2. The van der Waals surface area contributed by atoms with Gasteiger partial charge in [-0.05, 0) is 56.2 Å². The zero-order chi connectivity index (χ0) is 20.8. The van der Waals surface area contributed by atoms with Crippen molar-refractivity contribution in [2.75, 3.05) is 11.9 Å². The molecule has 5 rings (SSSR count). The number of nitrogens with zero attached hydrogens (tertiary/aromatic N) is 3. The van der Waals surface area contributed by atoms with E-state index in [2.05, 4.69) is 24.4 Å². The summed E-state index contributed by atoms with van der Waals surface area (Å²) in [4.78, 5) is 17.3. The first kappa shape index (κ1) is 18.8. The van der Waals surface area contributed by atoms with E-state index in [0.717, 1.165) is 43.7 Å². The van der Waals surface area contributed by atoms with Crippen LogP contribution >= 0.6 is 11.3 Å². The van der Waals surface area contributed by atoms with Crippen molar-refractivity contribution in [3.05, 3.63) is 64.8 Å². The Balaban J connectivity index is 1.60. The van der Waals surface area contributed by atoms with E-state index in [1.165, 1.54) is 5.56 Å². The number of carbonyl (C=O) groups is 1. The van der Waals surface area contributed by atoms with E-state index in [1.807, 2.05) is 44.2 Å². The van der Waals surface area contributed by atoms with Crippen LogP contribution in [0.1, 0.15) is 41.6 Å². The molecule has 1 atom stereocenters. The first-order chi connectivity index (χ1) is 14.5. The molecule has 0 saturated carbocycles. The lowest BCUT2D eigenvalue weighted by atomic mass is 9.86. The molecule has 7 heteroatoms. The molecular formula is C23H22N4O2S. The normalized spacial score (nSPS) is 15.8. The third-order valence-corrected chi connectivity index (χ3v) is 6.40. The van der Waals surface area contributed by atoms with Gasteiger partial charge in [-0.25, -0.2) is 4.98 Å². The van der Waals surface area contributed by atoms with Gasteiger partial charge in [0.2, 0.25) is 11.0 Å². The summed E-state index contributed by atoms with van der Waals surface area (Å²) in [5.41, 5.74) is 5.17.